The standard InChI is InChI=1S/C13H26N2S/c1-3-14-9-11-6-7-15(10-11)12-4-5-13(8-12)16-2/h11-14H,3-10H2,1-2H3. The quantitative estimate of drug-likeness (QED) is 0.796. The maximum atomic E-state index is 3.49. The van der Waals surface area contributed by atoms with Crippen LogP contribution in [0.1, 0.15) is 32.6 Å². The highest BCUT2D eigenvalue weighted by atomic mass is 32.2. The fourth-order valence-electron chi connectivity index (χ4n) is 3.17. The molecule has 0 aromatic heterocycles. The lowest BCUT2D eigenvalue weighted by atomic mass is 10.1. The van der Waals surface area contributed by atoms with E-state index >= 15 is 0 Å². The summed E-state index contributed by atoms with van der Waals surface area (Å²) in [4.78, 5) is 2.76. The zero-order valence-corrected chi connectivity index (χ0v) is 11.6. The van der Waals surface area contributed by atoms with Crippen molar-refractivity contribution in [2.24, 2.45) is 5.92 Å². The summed E-state index contributed by atoms with van der Waals surface area (Å²) in [7, 11) is 0. The van der Waals surface area contributed by atoms with Gasteiger partial charge in [-0.05, 0) is 57.5 Å². The third-order valence-corrected chi connectivity index (χ3v) is 5.30. The molecule has 0 aromatic carbocycles. The number of thioether (sulfide) groups is 1. The van der Waals surface area contributed by atoms with Crippen LogP contribution in [0.3, 0.4) is 0 Å². The molecule has 0 aromatic rings. The largest absolute Gasteiger partial charge is 0.317 e. The van der Waals surface area contributed by atoms with Crippen molar-refractivity contribution >= 4 is 11.8 Å². The van der Waals surface area contributed by atoms with E-state index in [4.69, 9.17) is 0 Å². The van der Waals surface area contributed by atoms with Gasteiger partial charge in [-0.2, -0.15) is 11.8 Å². The number of rotatable bonds is 5. The van der Waals surface area contributed by atoms with Crippen LogP contribution < -0.4 is 5.32 Å². The molecule has 0 radical (unpaired) electrons. The van der Waals surface area contributed by atoms with Gasteiger partial charge in [0.15, 0.2) is 0 Å². The molecule has 2 nitrogen and oxygen atoms in total. The Morgan fingerprint density at radius 1 is 1.31 bits per heavy atom. The highest BCUT2D eigenvalue weighted by molar-refractivity contribution is 7.99. The van der Waals surface area contributed by atoms with Crippen LogP contribution in [-0.2, 0) is 0 Å². The molecule has 1 heterocycles. The zero-order chi connectivity index (χ0) is 11.4. The lowest BCUT2D eigenvalue weighted by Gasteiger charge is -2.24. The summed E-state index contributed by atoms with van der Waals surface area (Å²) in [5.41, 5.74) is 0. The average Bonchev–Trinajstić information content (AvgIpc) is 2.94. The number of hydrogen-bond donors (Lipinski definition) is 1. The summed E-state index contributed by atoms with van der Waals surface area (Å²) in [6.07, 6.45) is 8.01. The van der Waals surface area contributed by atoms with E-state index in [2.05, 4.69) is 35.2 Å². The molecular formula is C13H26N2S. The summed E-state index contributed by atoms with van der Waals surface area (Å²) in [6.45, 7) is 7.24. The first-order chi connectivity index (χ1) is 7.83. The minimum atomic E-state index is 0.907. The van der Waals surface area contributed by atoms with Crippen LogP contribution in [0, 0.1) is 5.92 Å². The first-order valence-corrected chi connectivity index (χ1v) is 8.09. The fraction of sp³-hybridized carbons (Fsp3) is 1.00. The Bertz CT molecular complexity index is 210. The van der Waals surface area contributed by atoms with Gasteiger partial charge in [0.25, 0.3) is 0 Å². The molecule has 0 bridgehead atoms. The van der Waals surface area contributed by atoms with Crippen LogP contribution in [0.4, 0.5) is 0 Å². The molecule has 3 atom stereocenters. The Hall–Kier alpha value is 0.270. The topological polar surface area (TPSA) is 15.3 Å². The first kappa shape index (κ1) is 12.7. The second kappa shape index (κ2) is 6.27. The van der Waals surface area contributed by atoms with Crippen molar-refractivity contribution in [3.63, 3.8) is 0 Å². The normalized spacial score (nSPS) is 36.0. The van der Waals surface area contributed by atoms with Gasteiger partial charge in [0.2, 0.25) is 0 Å². The molecule has 1 saturated heterocycles. The van der Waals surface area contributed by atoms with Crippen LogP contribution in [0.15, 0.2) is 0 Å². The number of nitrogens with zero attached hydrogens (tertiary/aromatic N) is 1. The van der Waals surface area contributed by atoms with Crippen molar-refractivity contribution in [1.82, 2.24) is 10.2 Å². The molecule has 2 fully saturated rings. The van der Waals surface area contributed by atoms with Crippen molar-refractivity contribution in [3.05, 3.63) is 0 Å². The molecule has 16 heavy (non-hydrogen) atoms. The second-order valence-corrected chi connectivity index (χ2v) is 6.42. The minimum Gasteiger partial charge on any atom is -0.317 e. The summed E-state index contributed by atoms with van der Waals surface area (Å²) in [6, 6.07) is 0.907. The fourth-order valence-corrected chi connectivity index (χ4v) is 3.96. The third kappa shape index (κ3) is 3.14. The molecule has 2 rings (SSSR count). The van der Waals surface area contributed by atoms with Crippen LogP contribution in [0.5, 0.6) is 0 Å². The van der Waals surface area contributed by atoms with Gasteiger partial charge in [0.05, 0.1) is 0 Å². The average molecular weight is 242 g/mol. The van der Waals surface area contributed by atoms with Crippen molar-refractivity contribution < 1.29 is 0 Å². The SMILES string of the molecule is CCNCC1CCN(C2CCC(SC)C2)C1. The van der Waals surface area contributed by atoms with Crippen LogP contribution >= 0.6 is 11.8 Å². The maximum absolute atomic E-state index is 3.49. The number of nitrogens with one attached hydrogen (secondary N) is 1. The monoisotopic (exact) mass is 242 g/mol. The Balaban J connectivity index is 1.72. The first-order valence-electron chi connectivity index (χ1n) is 6.81. The molecule has 1 N–H and O–H groups in total. The molecule has 0 spiro atoms. The predicted octanol–water partition coefficient (Wildman–Crippen LogP) is 2.20. The van der Waals surface area contributed by atoms with Gasteiger partial charge in [-0.25, -0.2) is 0 Å². The Morgan fingerprint density at radius 3 is 2.88 bits per heavy atom. The van der Waals surface area contributed by atoms with Crippen LogP contribution in [0.25, 0.3) is 0 Å². The lowest BCUT2D eigenvalue weighted by Crippen LogP contribution is -2.33. The highest BCUT2D eigenvalue weighted by Gasteiger charge is 2.32. The van der Waals surface area contributed by atoms with Gasteiger partial charge < -0.3 is 10.2 Å². The summed E-state index contributed by atoms with van der Waals surface area (Å²) < 4.78 is 0. The lowest BCUT2D eigenvalue weighted by molar-refractivity contribution is 0.237. The van der Waals surface area contributed by atoms with E-state index in [1.807, 2.05) is 0 Å². The van der Waals surface area contributed by atoms with Crippen LogP contribution in [-0.4, -0.2) is 48.6 Å². The van der Waals surface area contributed by atoms with E-state index in [1.54, 1.807) is 0 Å². The Labute approximate surface area is 105 Å². The predicted molar refractivity (Wildman–Crippen MR) is 73.2 cm³/mol. The van der Waals surface area contributed by atoms with Gasteiger partial charge >= 0.3 is 0 Å². The van der Waals surface area contributed by atoms with E-state index in [0.717, 1.165) is 23.8 Å². The van der Waals surface area contributed by atoms with Gasteiger partial charge in [-0.3, -0.25) is 0 Å². The Kier molecular flexibility index (Phi) is 4.98. The molecule has 2 aliphatic rings. The zero-order valence-electron chi connectivity index (χ0n) is 10.7. The van der Waals surface area contributed by atoms with E-state index in [-0.39, 0.29) is 0 Å². The van der Waals surface area contributed by atoms with Gasteiger partial charge in [0, 0.05) is 17.8 Å². The van der Waals surface area contributed by atoms with Crippen molar-refractivity contribution in [2.75, 3.05) is 32.4 Å². The molecule has 0 amide bonds. The maximum Gasteiger partial charge on any atom is 0.0106 e. The van der Waals surface area contributed by atoms with E-state index < -0.39 is 0 Å². The van der Waals surface area contributed by atoms with Crippen molar-refractivity contribution in [3.8, 4) is 0 Å². The van der Waals surface area contributed by atoms with Gasteiger partial charge in [-0.1, -0.05) is 6.92 Å². The smallest absolute Gasteiger partial charge is 0.0106 e. The van der Waals surface area contributed by atoms with E-state index in [9.17, 15) is 0 Å². The molecule has 3 unspecified atom stereocenters. The molecule has 3 heteroatoms. The summed E-state index contributed by atoms with van der Waals surface area (Å²) in [5.74, 6) is 0.910. The molecule has 1 saturated carbocycles. The van der Waals surface area contributed by atoms with E-state index in [1.165, 1.54) is 45.3 Å². The van der Waals surface area contributed by atoms with Crippen molar-refractivity contribution in [1.29, 1.82) is 0 Å². The Morgan fingerprint density at radius 2 is 2.19 bits per heavy atom. The minimum absolute atomic E-state index is 0.907. The number of hydrogen-bond acceptors (Lipinski definition) is 3. The molecule has 94 valence electrons. The van der Waals surface area contributed by atoms with Crippen molar-refractivity contribution in [2.45, 2.75) is 43.9 Å². The molecule has 1 aliphatic carbocycles. The molecule has 1 aliphatic heterocycles. The van der Waals surface area contributed by atoms with E-state index in [0.29, 0.717) is 0 Å². The third-order valence-electron chi connectivity index (χ3n) is 4.21. The second-order valence-electron chi connectivity index (χ2n) is 5.28. The number of likely N-dealkylation sites (tertiary alicyclic amines) is 1. The van der Waals surface area contributed by atoms with Gasteiger partial charge in [0.1, 0.15) is 0 Å². The van der Waals surface area contributed by atoms with Crippen LogP contribution in [0.2, 0.25) is 0 Å². The summed E-state index contributed by atoms with van der Waals surface area (Å²) in [5, 5.41) is 4.43. The highest BCUT2D eigenvalue weighted by Crippen LogP contribution is 2.33. The summed E-state index contributed by atoms with van der Waals surface area (Å²) >= 11 is 2.07. The molecular weight excluding hydrogens is 216 g/mol. The van der Waals surface area contributed by atoms with Gasteiger partial charge in [-0.15, -0.1) is 0 Å².